The fourth-order valence-corrected chi connectivity index (χ4v) is 2.95. The second-order valence-corrected chi connectivity index (χ2v) is 6.25. The summed E-state index contributed by atoms with van der Waals surface area (Å²) in [5.41, 5.74) is 0. The lowest BCUT2D eigenvalue weighted by Gasteiger charge is -2.34. The van der Waals surface area contributed by atoms with Crippen LogP contribution in [0.2, 0.25) is 0 Å². The van der Waals surface area contributed by atoms with E-state index in [9.17, 15) is 4.79 Å². The Bertz CT molecular complexity index is 335. The highest BCUT2D eigenvalue weighted by atomic mass is 16.5. The SMILES string of the molecule is CC(C)[C@@H]1CCCN(C(=O)/C=C/CN2CCOCC2)C1. The van der Waals surface area contributed by atoms with Crippen molar-refractivity contribution in [3.05, 3.63) is 12.2 Å². The van der Waals surface area contributed by atoms with Crippen LogP contribution >= 0.6 is 0 Å². The minimum absolute atomic E-state index is 0.184. The molecule has 2 saturated heterocycles. The van der Waals surface area contributed by atoms with Crippen LogP contribution in [0.4, 0.5) is 0 Å². The van der Waals surface area contributed by atoms with E-state index in [1.165, 1.54) is 6.42 Å². The molecule has 0 saturated carbocycles. The van der Waals surface area contributed by atoms with E-state index in [4.69, 9.17) is 4.74 Å². The Balaban J connectivity index is 1.75. The van der Waals surface area contributed by atoms with Gasteiger partial charge in [-0.25, -0.2) is 0 Å². The number of piperidine rings is 1. The lowest BCUT2D eigenvalue weighted by molar-refractivity contribution is -0.128. The molecule has 2 rings (SSSR count). The zero-order valence-corrected chi connectivity index (χ0v) is 12.9. The van der Waals surface area contributed by atoms with Gasteiger partial charge in [-0.1, -0.05) is 19.9 Å². The van der Waals surface area contributed by atoms with Crippen LogP contribution in [-0.4, -0.2) is 61.6 Å². The summed E-state index contributed by atoms with van der Waals surface area (Å²) in [6, 6.07) is 0. The summed E-state index contributed by atoms with van der Waals surface area (Å²) in [6.45, 7) is 10.8. The Labute approximate surface area is 122 Å². The van der Waals surface area contributed by atoms with Crippen molar-refractivity contribution < 1.29 is 9.53 Å². The molecule has 0 radical (unpaired) electrons. The fraction of sp³-hybridized carbons (Fsp3) is 0.812. The summed E-state index contributed by atoms with van der Waals surface area (Å²) in [5.74, 6) is 1.52. The summed E-state index contributed by atoms with van der Waals surface area (Å²) < 4.78 is 5.32. The van der Waals surface area contributed by atoms with Gasteiger partial charge in [0.15, 0.2) is 0 Å². The van der Waals surface area contributed by atoms with Crippen molar-refractivity contribution in [1.82, 2.24) is 9.80 Å². The van der Waals surface area contributed by atoms with Gasteiger partial charge in [-0.15, -0.1) is 0 Å². The first kappa shape index (κ1) is 15.5. The van der Waals surface area contributed by atoms with Crippen molar-refractivity contribution in [2.75, 3.05) is 45.9 Å². The molecule has 0 aromatic rings. The molecule has 4 nitrogen and oxygen atoms in total. The first-order valence-electron chi connectivity index (χ1n) is 7.92. The van der Waals surface area contributed by atoms with Gasteiger partial charge in [-0.05, 0) is 24.7 Å². The Morgan fingerprint density at radius 3 is 2.75 bits per heavy atom. The van der Waals surface area contributed by atoms with Crippen LogP contribution in [-0.2, 0) is 9.53 Å². The van der Waals surface area contributed by atoms with Crippen molar-refractivity contribution in [3.63, 3.8) is 0 Å². The number of amides is 1. The average Bonchev–Trinajstić information content (AvgIpc) is 2.48. The predicted molar refractivity (Wildman–Crippen MR) is 80.5 cm³/mol. The molecule has 2 heterocycles. The van der Waals surface area contributed by atoms with Crippen molar-refractivity contribution in [2.45, 2.75) is 26.7 Å². The number of hydrogen-bond acceptors (Lipinski definition) is 3. The second-order valence-electron chi connectivity index (χ2n) is 6.25. The molecule has 2 aliphatic rings. The third-order valence-corrected chi connectivity index (χ3v) is 4.44. The first-order valence-corrected chi connectivity index (χ1v) is 7.92. The molecule has 0 aromatic carbocycles. The first-order chi connectivity index (χ1) is 9.66. The highest BCUT2D eigenvalue weighted by Crippen LogP contribution is 2.23. The maximum atomic E-state index is 12.2. The van der Waals surface area contributed by atoms with Crippen LogP contribution in [0.1, 0.15) is 26.7 Å². The predicted octanol–water partition coefficient (Wildman–Crippen LogP) is 1.77. The molecule has 2 fully saturated rings. The van der Waals surface area contributed by atoms with Crippen LogP contribution in [0.5, 0.6) is 0 Å². The lowest BCUT2D eigenvalue weighted by atomic mass is 9.88. The number of rotatable bonds is 4. The number of morpholine rings is 1. The minimum Gasteiger partial charge on any atom is -0.379 e. The molecular weight excluding hydrogens is 252 g/mol. The Hall–Kier alpha value is -0.870. The maximum Gasteiger partial charge on any atom is 0.246 e. The Morgan fingerprint density at radius 1 is 1.30 bits per heavy atom. The number of carbonyl (C=O) groups is 1. The number of carbonyl (C=O) groups excluding carboxylic acids is 1. The Kier molecular flexibility index (Phi) is 6.05. The van der Waals surface area contributed by atoms with Gasteiger partial charge in [-0.3, -0.25) is 9.69 Å². The van der Waals surface area contributed by atoms with Gasteiger partial charge in [0.25, 0.3) is 0 Å². The monoisotopic (exact) mass is 280 g/mol. The van der Waals surface area contributed by atoms with E-state index in [1.807, 2.05) is 11.0 Å². The van der Waals surface area contributed by atoms with E-state index in [1.54, 1.807) is 6.08 Å². The summed E-state index contributed by atoms with van der Waals surface area (Å²) in [5, 5.41) is 0. The standard InChI is InChI=1S/C16H28N2O2/c1-14(2)15-5-3-8-18(13-15)16(19)6-4-7-17-9-11-20-12-10-17/h4,6,14-15H,3,5,7-13H2,1-2H3/b6-4+/t15-/m1/s1. The van der Waals surface area contributed by atoms with Crippen LogP contribution in [0.3, 0.4) is 0 Å². The molecule has 0 bridgehead atoms. The summed E-state index contributed by atoms with van der Waals surface area (Å²) in [4.78, 5) is 16.5. The normalized spacial score (nSPS) is 25.6. The largest absolute Gasteiger partial charge is 0.379 e. The van der Waals surface area contributed by atoms with E-state index in [2.05, 4.69) is 18.7 Å². The smallest absolute Gasteiger partial charge is 0.246 e. The quantitative estimate of drug-likeness (QED) is 0.736. The number of hydrogen-bond donors (Lipinski definition) is 0. The highest BCUT2D eigenvalue weighted by molar-refractivity contribution is 5.87. The maximum absolute atomic E-state index is 12.2. The van der Waals surface area contributed by atoms with E-state index in [-0.39, 0.29) is 5.91 Å². The molecule has 0 spiro atoms. The van der Waals surface area contributed by atoms with Crippen LogP contribution < -0.4 is 0 Å². The molecule has 0 unspecified atom stereocenters. The highest BCUT2D eigenvalue weighted by Gasteiger charge is 2.24. The second kappa shape index (κ2) is 7.79. The fourth-order valence-electron chi connectivity index (χ4n) is 2.95. The molecule has 0 aromatic heterocycles. The molecule has 0 aliphatic carbocycles. The molecule has 1 atom stereocenters. The van der Waals surface area contributed by atoms with Crippen molar-refractivity contribution in [1.29, 1.82) is 0 Å². The van der Waals surface area contributed by atoms with Gasteiger partial charge in [0.05, 0.1) is 13.2 Å². The van der Waals surface area contributed by atoms with E-state index in [0.717, 1.165) is 52.4 Å². The third-order valence-electron chi connectivity index (χ3n) is 4.44. The Morgan fingerprint density at radius 2 is 2.05 bits per heavy atom. The van der Waals surface area contributed by atoms with Gasteiger partial charge < -0.3 is 9.64 Å². The topological polar surface area (TPSA) is 32.8 Å². The molecule has 2 aliphatic heterocycles. The van der Waals surface area contributed by atoms with Gasteiger partial charge in [0.1, 0.15) is 0 Å². The summed E-state index contributed by atoms with van der Waals surface area (Å²) >= 11 is 0. The van der Waals surface area contributed by atoms with E-state index in [0.29, 0.717) is 11.8 Å². The number of ether oxygens (including phenoxy) is 1. The van der Waals surface area contributed by atoms with Crippen molar-refractivity contribution in [3.8, 4) is 0 Å². The van der Waals surface area contributed by atoms with E-state index < -0.39 is 0 Å². The summed E-state index contributed by atoms with van der Waals surface area (Å²) in [7, 11) is 0. The molecule has 114 valence electrons. The average molecular weight is 280 g/mol. The van der Waals surface area contributed by atoms with Gasteiger partial charge in [-0.2, -0.15) is 0 Å². The van der Waals surface area contributed by atoms with Crippen molar-refractivity contribution in [2.24, 2.45) is 11.8 Å². The molecular formula is C16H28N2O2. The lowest BCUT2D eigenvalue weighted by Crippen LogP contribution is -2.40. The van der Waals surface area contributed by atoms with Gasteiger partial charge in [0, 0.05) is 38.8 Å². The third kappa shape index (κ3) is 4.60. The zero-order chi connectivity index (χ0) is 14.4. The zero-order valence-electron chi connectivity index (χ0n) is 12.9. The summed E-state index contributed by atoms with van der Waals surface area (Å²) in [6.07, 6.45) is 6.18. The molecule has 0 N–H and O–H groups in total. The van der Waals surface area contributed by atoms with Crippen LogP contribution in [0.15, 0.2) is 12.2 Å². The molecule has 4 heteroatoms. The van der Waals surface area contributed by atoms with E-state index >= 15 is 0 Å². The number of nitrogens with zero attached hydrogens (tertiary/aromatic N) is 2. The van der Waals surface area contributed by atoms with Crippen LogP contribution in [0, 0.1) is 11.8 Å². The van der Waals surface area contributed by atoms with Crippen molar-refractivity contribution >= 4 is 5.91 Å². The van der Waals surface area contributed by atoms with Gasteiger partial charge in [0.2, 0.25) is 5.91 Å². The molecule has 1 amide bonds. The minimum atomic E-state index is 0.184. The molecule has 20 heavy (non-hydrogen) atoms. The number of likely N-dealkylation sites (tertiary alicyclic amines) is 1. The van der Waals surface area contributed by atoms with Gasteiger partial charge >= 0.3 is 0 Å². The van der Waals surface area contributed by atoms with Crippen LogP contribution in [0.25, 0.3) is 0 Å².